The lowest BCUT2D eigenvalue weighted by molar-refractivity contribution is 0.0703. The molecular formula is C9H10N2O4. The highest BCUT2D eigenvalue weighted by Crippen LogP contribution is 2.18. The first-order valence-electron chi connectivity index (χ1n) is 4.09. The molecule has 1 rings (SSSR count). The summed E-state index contributed by atoms with van der Waals surface area (Å²) in [6.07, 6.45) is 0. The molecule has 1 aromatic carbocycles. The van der Waals surface area contributed by atoms with E-state index in [2.05, 4.69) is 5.32 Å². The molecule has 0 aliphatic carbocycles. The number of carbonyl (C=O) groups is 2. The summed E-state index contributed by atoms with van der Waals surface area (Å²) >= 11 is 0. The molecule has 0 aliphatic rings. The minimum absolute atomic E-state index is 0.106. The number of hydrogen-bond acceptors (Lipinski definition) is 4. The molecule has 0 heterocycles. The van der Waals surface area contributed by atoms with Crippen LogP contribution in [0.15, 0.2) is 18.2 Å². The highest BCUT2D eigenvalue weighted by Gasteiger charge is 2.12. The maximum Gasteiger partial charge on any atom is 0.278 e. The van der Waals surface area contributed by atoms with Gasteiger partial charge in [-0.15, -0.1) is 0 Å². The van der Waals surface area contributed by atoms with Gasteiger partial charge in [-0.3, -0.25) is 14.8 Å². The molecule has 4 N–H and O–H groups in total. The van der Waals surface area contributed by atoms with Crippen LogP contribution in [0.25, 0.3) is 0 Å². The predicted molar refractivity (Wildman–Crippen MR) is 50.7 cm³/mol. The Morgan fingerprint density at radius 2 is 1.93 bits per heavy atom. The molecule has 15 heavy (non-hydrogen) atoms. The lowest BCUT2D eigenvalue weighted by atomic mass is 10.1. The fraction of sp³-hybridized carbons (Fsp3) is 0.111. The quantitative estimate of drug-likeness (QED) is 0.403. The van der Waals surface area contributed by atoms with Crippen LogP contribution < -0.4 is 10.8 Å². The lowest BCUT2D eigenvalue weighted by Crippen LogP contribution is -2.20. The van der Waals surface area contributed by atoms with Crippen LogP contribution in [0, 0.1) is 0 Å². The van der Waals surface area contributed by atoms with E-state index < -0.39 is 5.91 Å². The van der Waals surface area contributed by atoms with E-state index >= 15 is 0 Å². The van der Waals surface area contributed by atoms with Crippen molar-refractivity contribution < 1.29 is 19.9 Å². The summed E-state index contributed by atoms with van der Waals surface area (Å²) < 4.78 is 0. The zero-order valence-electron chi connectivity index (χ0n) is 7.94. The van der Waals surface area contributed by atoms with E-state index in [1.54, 1.807) is 0 Å². The zero-order valence-corrected chi connectivity index (χ0v) is 7.94. The average Bonchev–Trinajstić information content (AvgIpc) is 2.26. The van der Waals surface area contributed by atoms with Gasteiger partial charge in [0.25, 0.3) is 11.8 Å². The minimum atomic E-state index is -0.837. The molecule has 80 valence electrons. The Hall–Kier alpha value is -2.08. The first kappa shape index (κ1) is 11.0. The summed E-state index contributed by atoms with van der Waals surface area (Å²) in [7, 11) is 1.45. The van der Waals surface area contributed by atoms with Crippen LogP contribution in [-0.2, 0) is 0 Å². The van der Waals surface area contributed by atoms with Crippen molar-refractivity contribution in [1.82, 2.24) is 10.8 Å². The molecule has 1 aromatic rings. The smallest absolute Gasteiger partial charge is 0.278 e. The van der Waals surface area contributed by atoms with E-state index in [1.165, 1.54) is 24.7 Å². The van der Waals surface area contributed by atoms with Crippen molar-refractivity contribution in [3.8, 4) is 5.75 Å². The number of carbonyl (C=O) groups excluding carboxylic acids is 2. The van der Waals surface area contributed by atoms with Gasteiger partial charge in [0, 0.05) is 12.6 Å². The van der Waals surface area contributed by atoms with Crippen LogP contribution in [0.1, 0.15) is 20.7 Å². The lowest BCUT2D eigenvalue weighted by Gasteiger charge is -2.04. The molecule has 0 bridgehead atoms. The minimum Gasteiger partial charge on any atom is -0.507 e. The third-order valence-electron chi connectivity index (χ3n) is 1.83. The molecule has 0 fully saturated rings. The molecule has 0 spiro atoms. The molecule has 0 aromatic heterocycles. The van der Waals surface area contributed by atoms with Gasteiger partial charge < -0.3 is 10.4 Å². The molecule has 0 saturated heterocycles. The normalized spacial score (nSPS) is 9.47. The summed E-state index contributed by atoms with van der Waals surface area (Å²) in [5, 5.41) is 20.1. The number of phenolic OH excluding ortho intramolecular Hbond substituents is 1. The Bertz CT molecular complexity index is 403. The number of phenols is 1. The topological polar surface area (TPSA) is 98.7 Å². The SMILES string of the molecule is CNC(=O)c1ccc(C(=O)NO)c(O)c1. The van der Waals surface area contributed by atoms with E-state index in [-0.39, 0.29) is 22.8 Å². The second-order valence-corrected chi connectivity index (χ2v) is 2.75. The van der Waals surface area contributed by atoms with Crippen molar-refractivity contribution in [2.75, 3.05) is 7.05 Å². The van der Waals surface area contributed by atoms with Crippen LogP contribution in [-0.4, -0.2) is 29.2 Å². The summed E-state index contributed by atoms with van der Waals surface area (Å²) in [5.41, 5.74) is 1.51. The number of aromatic hydroxyl groups is 1. The van der Waals surface area contributed by atoms with E-state index in [0.717, 1.165) is 6.07 Å². The average molecular weight is 210 g/mol. The van der Waals surface area contributed by atoms with Crippen molar-refractivity contribution in [3.05, 3.63) is 29.3 Å². The summed E-state index contributed by atoms with van der Waals surface area (Å²) in [4.78, 5) is 22.1. The number of hydrogen-bond donors (Lipinski definition) is 4. The highest BCUT2D eigenvalue weighted by atomic mass is 16.5. The van der Waals surface area contributed by atoms with Gasteiger partial charge in [-0.1, -0.05) is 0 Å². The van der Waals surface area contributed by atoms with Crippen molar-refractivity contribution >= 4 is 11.8 Å². The Morgan fingerprint density at radius 1 is 1.27 bits per heavy atom. The Labute approximate surface area is 85.5 Å². The third-order valence-corrected chi connectivity index (χ3v) is 1.83. The third kappa shape index (κ3) is 2.23. The molecule has 0 atom stereocenters. The first-order chi connectivity index (χ1) is 7.10. The van der Waals surface area contributed by atoms with Gasteiger partial charge in [0.15, 0.2) is 0 Å². The van der Waals surface area contributed by atoms with E-state index in [1.807, 2.05) is 0 Å². The van der Waals surface area contributed by atoms with Crippen molar-refractivity contribution in [2.24, 2.45) is 0 Å². The van der Waals surface area contributed by atoms with Crippen LogP contribution in [0.3, 0.4) is 0 Å². The summed E-state index contributed by atoms with van der Waals surface area (Å²) in [5.74, 6) is -1.58. The molecule has 2 amide bonds. The molecule has 0 unspecified atom stereocenters. The van der Waals surface area contributed by atoms with Gasteiger partial charge in [-0.05, 0) is 18.2 Å². The zero-order chi connectivity index (χ0) is 11.4. The van der Waals surface area contributed by atoms with Gasteiger partial charge in [0.1, 0.15) is 5.75 Å². The highest BCUT2D eigenvalue weighted by molar-refractivity contribution is 5.99. The molecule has 0 saturated carbocycles. The van der Waals surface area contributed by atoms with E-state index in [9.17, 15) is 14.7 Å². The standard InChI is InChI=1S/C9H10N2O4/c1-10-8(13)5-2-3-6(7(12)4-5)9(14)11-15/h2-4,12,15H,1H3,(H,10,13)(H,11,14). The Kier molecular flexibility index (Phi) is 3.25. The fourth-order valence-corrected chi connectivity index (χ4v) is 1.07. The first-order valence-corrected chi connectivity index (χ1v) is 4.09. The van der Waals surface area contributed by atoms with Crippen LogP contribution >= 0.6 is 0 Å². The predicted octanol–water partition coefficient (Wildman–Crippen LogP) is -0.129. The van der Waals surface area contributed by atoms with Crippen molar-refractivity contribution in [3.63, 3.8) is 0 Å². The van der Waals surface area contributed by atoms with Gasteiger partial charge >= 0.3 is 0 Å². The summed E-state index contributed by atoms with van der Waals surface area (Å²) in [6.45, 7) is 0. The molecular weight excluding hydrogens is 200 g/mol. The number of amides is 2. The van der Waals surface area contributed by atoms with Crippen LogP contribution in [0.5, 0.6) is 5.75 Å². The fourth-order valence-electron chi connectivity index (χ4n) is 1.07. The Balaban J connectivity index is 3.08. The van der Waals surface area contributed by atoms with Gasteiger partial charge in [-0.25, -0.2) is 5.48 Å². The maximum atomic E-state index is 11.1. The molecule has 6 heteroatoms. The maximum absolute atomic E-state index is 11.1. The monoisotopic (exact) mass is 210 g/mol. The molecule has 6 nitrogen and oxygen atoms in total. The van der Waals surface area contributed by atoms with E-state index in [0.29, 0.717) is 0 Å². The van der Waals surface area contributed by atoms with Crippen LogP contribution in [0.4, 0.5) is 0 Å². The largest absolute Gasteiger partial charge is 0.507 e. The number of rotatable bonds is 2. The Morgan fingerprint density at radius 3 is 2.40 bits per heavy atom. The van der Waals surface area contributed by atoms with E-state index in [4.69, 9.17) is 5.21 Å². The van der Waals surface area contributed by atoms with Gasteiger partial charge in [0.05, 0.1) is 5.56 Å². The van der Waals surface area contributed by atoms with Crippen LogP contribution in [0.2, 0.25) is 0 Å². The van der Waals surface area contributed by atoms with Crippen molar-refractivity contribution in [2.45, 2.75) is 0 Å². The molecule has 0 radical (unpaired) electrons. The second kappa shape index (κ2) is 4.43. The molecule has 0 aliphatic heterocycles. The number of nitrogens with one attached hydrogen (secondary N) is 2. The van der Waals surface area contributed by atoms with Crippen molar-refractivity contribution in [1.29, 1.82) is 0 Å². The second-order valence-electron chi connectivity index (χ2n) is 2.75. The van der Waals surface area contributed by atoms with Gasteiger partial charge in [0.2, 0.25) is 0 Å². The van der Waals surface area contributed by atoms with Gasteiger partial charge in [-0.2, -0.15) is 0 Å². The summed E-state index contributed by atoms with van der Waals surface area (Å²) in [6, 6.07) is 3.75. The number of benzene rings is 1. The number of hydroxylamine groups is 1.